The van der Waals surface area contributed by atoms with Crippen molar-refractivity contribution in [2.45, 2.75) is 19.8 Å². The number of aryl methyl sites for hydroxylation is 2. The quantitative estimate of drug-likeness (QED) is 0.729. The Morgan fingerprint density at radius 2 is 2.08 bits per heavy atom. The summed E-state index contributed by atoms with van der Waals surface area (Å²) in [5, 5.41) is 0. The van der Waals surface area contributed by atoms with E-state index in [9.17, 15) is 4.79 Å². The lowest BCUT2D eigenvalue weighted by Crippen LogP contribution is -2.35. The maximum Gasteiger partial charge on any atom is 0.258 e. The fourth-order valence-electron chi connectivity index (χ4n) is 3.18. The van der Waals surface area contributed by atoms with Crippen molar-refractivity contribution in [1.29, 1.82) is 0 Å². The van der Waals surface area contributed by atoms with Crippen molar-refractivity contribution < 1.29 is 4.79 Å². The second-order valence-electron chi connectivity index (χ2n) is 6.07. The lowest BCUT2D eigenvalue weighted by molar-refractivity contribution is 0.0985. The minimum Gasteiger partial charge on any atom is -0.308 e. The van der Waals surface area contributed by atoms with Gasteiger partial charge >= 0.3 is 0 Å². The number of fused-ring (bicyclic) bond motifs is 1. The van der Waals surface area contributed by atoms with Crippen molar-refractivity contribution >= 4 is 11.6 Å². The number of anilines is 1. The largest absolute Gasteiger partial charge is 0.308 e. The molecular formula is C19H18N4O. The third-order valence-corrected chi connectivity index (χ3v) is 4.36. The standard InChI is InChI=1S/C19H18N4O/c1-14-4-5-17-15(11-14)3-2-9-23(17)19(24)16-6-7-21-18(12-16)22-10-8-20-13-22/h4-8,10-13H,2-3,9H2,1H3. The number of hydrogen-bond acceptors (Lipinski definition) is 3. The molecule has 0 spiro atoms. The van der Waals surface area contributed by atoms with Gasteiger partial charge in [0.1, 0.15) is 12.1 Å². The number of hydrogen-bond donors (Lipinski definition) is 0. The van der Waals surface area contributed by atoms with Gasteiger partial charge in [-0.05, 0) is 43.5 Å². The molecule has 1 aromatic carbocycles. The molecule has 0 aliphatic carbocycles. The highest BCUT2D eigenvalue weighted by Gasteiger charge is 2.23. The summed E-state index contributed by atoms with van der Waals surface area (Å²) in [5.41, 5.74) is 4.15. The molecule has 1 amide bonds. The lowest BCUT2D eigenvalue weighted by Gasteiger charge is -2.30. The fraction of sp³-hybridized carbons (Fsp3) is 0.211. The Kier molecular flexibility index (Phi) is 3.61. The maximum atomic E-state index is 13.0. The van der Waals surface area contributed by atoms with Gasteiger partial charge in [0.15, 0.2) is 0 Å². The van der Waals surface area contributed by atoms with Gasteiger partial charge in [-0.25, -0.2) is 9.97 Å². The van der Waals surface area contributed by atoms with Crippen molar-refractivity contribution in [1.82, 2.24) is 14.5 Å². The van der Waals surface area contributed by atoms with E-state index in [1.54, 1.807) is 29.4 Å². The Balaban J connectivity index is 1.69. The van der Waals surface area contributed by atoms with E-state index < -0.39 is 0 Å². The first-order chi connectivity index (χ1) is 11.7. The van der Waals surface area contributed by atoms with E-state index in [-0.39, 0.29) is 5.91 Å². The van der Waals surface area contributed by atoms with Gasteiger partial charge in [0.2, 0.25) is 0 Å². The van der Waals surface area contributed by atoms with Crippen molar-refractivity contribution in [2.24, 2.45) is 0 Å². The first kappa shape index (κ1) is 14.6. The van der Waals surface area contributed by atoms with Crippen LogP contribution in [0.4, 0.5) is 5.69 Å². The SMILES string of the molecule is Cc1ccc2c(c1)CCCN2C(=O)c1ccnc(-n2ccnc2)c1. The zero-order valence-corrected chi connectivity index (χ0v) is 13.5. The van der Waals surface area contributed by atoms with Crippen LogP contribution in [0.3, 0.4) is 0 Å². The molecule has 24 heavy (non-hydrogen) atoms. The van der Waals surface area contributed by atoms with Crippen LogP contribution in [0, 0.1) is 6.92 Å². The number of imidazole rings is 1. The second kappa shape index (κ2) is 5.92. The number of pyridine rings is 1. The number of carbonyl (C=O) groups is 1. The van der Waals surface area contributed by atoms with Gasteiger partial charge in [0.05, 0.1) is 0 Å². The minimum atomic E-state index is 0.0172. The molecular weight excluding hydrogens is 300 g/mol. The molecule has 0 saturated heterocycles. The fourth-order valence-corrected chi connectivity index (χ4v) is 3.18. The number of nitrogens with zero attached hydrogens (tertiary/aromatic N) is 4. The number of carbonyl (C=O) groups excluding carboxylic acids is 1. The molecule has 0 unspecified atom stereocenters. The van der Waals surface area contributed by atoms with E-state index in [1.807, 2.05) is 17.2 Å². The molecule has 0 radical (unpaired) electrons. The van der Waals surface area contributed by atoms with E-state index in [1.165, 1.54) is 11.1 Å². The Morgan fingerprint density at radius 1 is 1.17 bits per heavy atom. The molecule has 4 rings (SSSR count). The van der Waals surface area contributed by atoms with Crippen LogP contribution in [0.1, 0.15) is 27.9 Å². The number of rotatable bonds is 2. The Bertz CT molecular complexity index is 886. The highest BCUT2D eigenvalue weighted by Crippen LogP contribution is 2.29. The molecule has 0 fully saturated rings. The predicted octanol–water partition coefficient (Wildman–Crippen LogP) is 3.17. The van der Waals surface area contributed by atoms with Crippen LogP contribution < -0.4 is 4.90 Å². The summed E-state index contributed by atoms with van der Waals surface area (Å²) in [6, 6.07) is 9.88. The van der Waals surface area contributed by atoms with Gasteiger partial charge in [-0.3, -0.25) is 9.36 Å². The predicted molar refractivity (Wildman–Crippen MR) is 92.5 cm³/mol. The minimum absolute atomic E-state index is 0.0172. The average Bonchev–Trinajstić information content (AvgIpc) is 3.15. The second-order valence-corrected chi connectivity index (χ2v) is 6.07. The molecule has 1 aliphatic rings. The van der Waals surface area contributed by atoms with Crippen LogP contribution in [-0.2, 0) is 6.42 Å². The monoisotopic (exact) mass is 318 g/mol. The summed E-state index contributed by atoms with van der Waals surface area (Å²) in [5.74, 6) is 0.711. The third-order valence-electron chi connectivity index (χ3n) is 4.36. The molecule has 5 heteroatoms. The Hall–Kier alpha value is -2.95. The molecule has 120 valence electrons. The van der Waals surface area contributed by atoms with Crippen LogP contribution in [0.15, 0.2) is 55.2 Å². The van der Waals surface area contributed by atoms with Crippen molar-refractivity contribution in [3.63, 3.8) is 0 Å². The van der Waals surface area contributed by atoms with Gasteiger partial charge in [-0.15, -0.1) is 0 Å². The molecule has 1 aliphatic heterocycles. The van der Waals surface area contributed by atoms with Crippen LogP contribution in [0.2, 0.25) is 0 Å². The van der Waals surface area contributed by atoms with Crippen molar-refractivity contribution in [2.75, 3.05) is 11.4 Å². The summed E-state index contributed by atoms with van der Waals surface area (Å²) in [7, 11) is 0. The van der Waals surface area contributed by atoms with E-state index in [0.717, 1.165) is 25.1 Å². The maximum absolute atomic E-state index is 13.0. The zero-order valence-electron chi connectivity index (χ0n) is 13.5. The van der Waals surface area contributed by atoms with Gasteiger partial charge in [0.25, 0.3) is 5.91 Å². The highest BCUT2D eigenvalue weighted by atomic mass is 16.2. The van der Waals surface area contributed by atoms with Gasteiger partial charge in [-0.1, -0.05) is 17.7 Å². The van der Waals surface area contributed by atoms with Crippen LogP contribution in [0.25, 0.3) is 5.82 Å². The molecule has 0 N–H and O–H groups in total. The summed E-state index contributed by atoms with van der Waals surface area (Å²) in [6.45, 7) is 2.83. The summed E-state index contributed by atoms with van der Waals surface area (Å²) < 4.78 is 1.80. The van der Waals surface area contributed by atoms with E-state index >= 15 is 0 Å². The molecule has 0 saturated carbocycles. The lowest BCUT2D eigenvalue weighted by atomic mass is 9.99. The Morgan fingerprint density at radius 3 is 2.92 bits per heavy atom. The summed E-state index contributed by atoms with van der Waals surface area (Å²) in [4.78, 5) is 23.3. The van der Waals surface area contributed by atoms with E-state index in [4.69, 9.17) is 0 Å². The van der Waals surface area contributed by atoms with E-state index in [2.05, 4.69) is 35.1 Å². The zero-order chi connectivity index (χ0) is 16.5. The van der Waals surface area contributed by atoms with E-state index in [0.29, 0.717) is 11.4 Å². The topological polar surface area (TPSA) is 51.0 Å². The molecule has 0 atom stereocenters. The van der Waals surface area contributed by atoms with Crippen molar-refractivity contribution in [3.8, 4) is 5.82 Å². The van der Waals surface area contributed by atoms with Crippen LogP contribution in [-0.4, -0.2) is 27.0 Å². The summed E-state index contributed by atoms with van der Waals surface area (Å²) >= 11 is 0. The van der Waals surface area contributed by atoms with Gasteiger partial charge < -0.3 is 4.90 Å². The Labute approximate surface area is 140 Å². The van der Waals surface area contributed by atoms with Gasteiger partial charge in [-0.2, -0.15) is 0 Å². The molecule has 0 bridgehead atoms. The first-order valence-corrected chi connectivity index (χ1v) is 8.08. The van der Waals surface area contributed by atoms with Crippen LogP contribution in [0.5, 0.6) is 0 Å². The average molecular weight is 318 g/mol. The number of aromatic nitrogens is 3. The normalized spacial score (nSPS) is 13.6. The molecule has 5 nitrogen and oxygen atoms in total. The number of amides is 1. The highest BCUT2D eigenvalue weighted by molar-refractivity contribution is 6.07. The van der Waals surface area contributed by atoms with Crippen molar-refractivity contribution in [3.05, 3.63) is 71.9 Å². The molecule has 3 heterocycles. The van der Waals surface area contributed by atoms with Crippen LogP contribution >= 0.6 is 0 Å². The number of benzene rings is 1. The molecule has 3 aromatic rings. The summed E-state index contributed by atoms with van der Waals surface area (Å²) in [6.07, 6.45) is 8.87. The molecule has 2 aromatic heterocycles. The van der Waals surface area contributed by atoms with Gasteiger partial charge in [0, 0.05) is 36.4 Å². The third kappa shape index (κ3) is 2.58. The first-order valence-electron chi connectivity index (χ1n) is 8.08. The smallest absolute Gasteiger partial charge is 0.258 e.